The number of hydrogen-bond acceptors (Lipinski definition) is 1. The van der Waals surface area contributed by atoms with E-state index in [2.05, 4.69) is 4.98 Å². The number of pyridine rings is 1. The molecule has 1 aromatic rings. The zero-order valence-electron chi connectivity index (χ0n) is 8.66. The van der Waals surface area contributed by atoms with Gasteiger partial charge >= 0.3 is 23.9 Å². The molecule has 0 aliphatic heterocycles. The summed E-state index contributed by atoms with van der Waals surface area (Å²) in [6.45, 7) is 0. The second-order valence-corrected chi connectivity index (χ2v) is 3.44. The lowest BCUT2D eigenvalue weighted by molar-refractivity contribution is -0.400. The van der Waals surface area contributed by atoms with Crippen LogP contribution in [-0.2, 0) is 5.92 Å². The summed E-state index contributed by atoms with van der Waals surface area (Å²) < 4.78 is 113. The molecule has 0 spiro atoms. The third-order valence-electron chi connectivity index (χ3n) is 2.13. The van der Waals surface area contributed by atoms with Gasteiger partial charge in [0.05, 0.1) is 0 Å². The summed E-state index contributed by atoms with van der Waals surface area (Å²) in [7, 11) is 0. The van der Waals surface area contributed by atoms with Gasteiger partial charge in [0, 0.05) is 6.20 Å². The molecular weight excluding hydrogens is 293 g/mol. The van der Waals surface area contributed by atoms with Gasteiger partial charge in [-0.15, -0.1) is 0 Å². The number of hydrogen-bond donors (Lipinski definition) is 0. The van der Waals surface area contributed by atoms with Gasteiger partial charge in [-0.25, -0.2) is 0 Å². The van der Waals surface area contributed by atoms with Crippen LogP contribution in [0.5, 0.6) is 0 Å². The van der Waals surface area contributed by atoms with Crippen LogP contribution in [0.15, 0.2) is 24.4 Å². The molecular formula is C9H4F9N. The highest BCUT2D eigenvalue weighted by atomic mass is 19.4. The first-order valence-electron chi connectivity index (χ1n) is 4.47. The maximum Gasteiger partial charge on any atom is 0.460 e. The molecule has 0 radical (unpaired) electrons. The topological polar surface area (TPSA) is 12.9 Å². The van der Waals surface area contributed by atoms with Gasteiger partial charge in [0.15, 0.2) is 0 Å². The number of aromatic nitrogens is 1. The van der Waals surface area contributed by atoms with Crippen molar-refractivity contribution in [1.29, 1.82) is 0 Å². The molecule has 0 atom stereocenters. The third-order valence-corrected chi connectivity index (χ3v) is 2.13. The van der Waals surface area contributed by atoms with E-state index in [1.807, 2.05) is 0 Å². The molecule has 0 bridgehead atoms. The van der Waals surface area contributed by atoms with Crippen LogP contribution >= 0.6 is 0 Å². The maximum atomic E-state index is 13.2. The lowest BCUT2D eigenvalue weighted by Gasteiger charge is -2.33. The Morgan fingerprint density at radius 3 is 1.63 bits per heavy atom. The molecule has 108 valence electrons. The van der Waals surface area contributed by atoms with Crippen molar-refractivity contribution < 1.29 is 39.5 Å². The quantitative estimate of drug-likeness (QED) is 0.768. The Hall–Kier alpha value is -1.48. The molecule has 0 amide bonds. The van der Waals surface area contributed by atoms with Gasteiger partial charge in [0.2, 0.25) is 0 Å². The van der Waals surface area contributed by atoms with Crippen molar-refractivity contribution in [2.45, 2.75) is 23.9 Å². The predicted octanol–water partition coefficient (Wildman–Crippen LogP) is 4.01. The smallest absolute Gasteiger partial charge is 0.255 e. The molecule has 0 aliphatic carbocycles. The molecule has 1 aromatic heterocycles. The van der Waals surface area contributed by atoms with Crippen LogP contribution in [0.3, 0.4) is 0 Å². The van der Waals surface area contributed by atoms with Gasteiger partial charge in [-0.05, 0) is 12.1 Å². The minimum atomic E-state index is -6.90. The normalized spacial score (nSPS) is 14.6. The maximum absolute atomic E-state index is 13.2. The highest BCUT2D eigenvalue weighted by Crippen LogP contribution is 2.56. The molecule has 19 heavy (non-hydrogen) atoms. The van der Waals surface area contributed by atoms with Crippen LogP contribution < -0.4 is 0 Å². The van der Waals surface area contributed by atoms with E-state index >= 15 is 0 Å². The number of rotatable bonds is 3. The van der Waals surface area contributed by atoms with Crippen molar-refractivity contribution >= 4 is 0 Å². The largest absolute Gasteiger partial charge is 0.460 e. The van der Waals surface area contributed by atoms with E-state index in [9.17, 15) is 39.5 Å². The van der Waals surface area contributed by atoms with Crippen LogP contribution in [0.2, 0.25) is 0 Å². The molecule has 1 nitrogen and oxygen atoms in total. The van der Waals surface area contributed by atoms with Gasteiger partial charge in [0.25, 0.3) is 0 Å². The Bertz CT molecular complexity index is 437. The molecule has 0 unspecified atom stereocenters. The summed E-state index contributed by atoms with van der Waals surface area (Å²) in [5.41, 5.74) is -1.89. The van der Waals surface area contributed by atoms with E-state index in [0.29, 0.717) is 6.20 Å². The van der Waals surface area contributed by atoms with Crippen LogP contribution in [-0.4, -0.2) is 23.0 Å². The Labute approximate surface area is 99.6 Å². The summed E-state index contributed by atoms with van der Waals surface area (Å²) in [6.07, 6.45) is -6.26. The predicted molar refractivity (Wildman–Crippen MR) is 44.1 cm³/mol. The van der Waals surface area contributed by atoms with Crippen LogP contribution in [0.25, 0.3) is 0 Å². The molecule has 1 rings (SSSR count). The molecule has 0 aliphatic rings. The number of alkyl halides is 9. The fourth-order valence-corrected chi connectivity index (χ4v) is 1.08. The van der Waals surface area contributed by atoms with E-state index in [-0.39, 0.29) is 6.07 Å². The van der Waals surface area contributed by atoms with Crippen LogP contribution in [0.1, 0.15) is 5.69 Å². The zero-order valence-corrected chi connectivity index (χ0v) is 8.66. The molecule has 0 aromatic carbocycles. The van der Waals surface area contributed by atoms with Gasteiger partial charge in [0.1, 0.15) is 5.69 Å². The van der Waals surface area contributed by atoms with Crippen molar-refractivity contribution in [3.63, 3.8) is 0 Å². The summed E-state index contributed by atoms with van der Waals surface area (Å²) in [4.78, 5) is 2.68. The highest BCUT2D eigenvalue weighted by Gasteiger charge is 2.82. The van der Waals surface area contributed by atoms with Gasteiger partial charge < -0.3 is 0 Å². The first kappa shape index (κ1) is 15.6. The van der Waals surface area contributed by atoms with Crippen molar-refractivity contribution in [2.24, 2.45) is 0 Å². The molecule has 0 saturated carbocycles. The van der Waals surface area contributed by atoms with Crippen molar-refractivity contribution in [3.8, 4) is 0 Å². The average molecular weight is 297 g/mol. The van der Waals surface area contributed by atoms with E-state index in [0.717, 1.165) is 12.1 Å². The third kappa shape index (κ3) is 2.23. The highest BCUT2D eigenvalue weighted by molar-refractivity contribution is 5.16. The Kier molecular flexibility index (Phi) is 3.50. The SMILES string of the molecule is FC(F)(F)C(F)(F)C(F)(F)C(F)(F)c1ccccn1. The summed E-state index contributed by atoms with van der Waals surface area (Å²) in [6, 6.07) is 1.97. The number of halogens is 9. The van der Waals surface area contributed by atoms with E-state index in [1.54, 1.807) is 0 Å². The van der Waals surface area contributed by atoms with Gasteiger partial charge in [-0.1, -0.05) is 6.07 Å². The molecule has 1 heterocycles. The average Bonchev–Trinajstić information content (AvgIpc) is 2.28. The summed E-state index contributed by atoms with van der Waals surface area (Å²) in [5.74, 6) is -19.4. The Morgan fingerprint density at radius 2 is 1.26 bits per heavy atom. The first-order chi connectivity index (χ1) is 8.36. The van der Waals surface area contributed by atoms with Crippen LogP contribution in [0.4, 0.5) is 39.5 Å². The minimum absolute atomic E-state index is 0.223. The van der Waals surface area contributed by atoms with E-state index in [4.69, 9.17) is 0 Å². The zero-order chi connectivity index (χ0) is 15.1. The molecule has 0 fully saturated rings. The first-order valence-corrected chi connectivity index (χ1v) is 4.47. The fraction of sp³-hybridized carbons (Fsp3) is 0.444. The van der Waals surface area contributed by atoms with Gasteiger partial charge in [-0.2, -0.15) is 39.5 Å². The minimum Gasteiger partial charge on any atom is -0.255 e. The standard InChI is InChI=1S/C9H4F9N/c10-6(11,5-3-1-2-4-19-5)7(12,13)8(14,15)9(16,17)18/h1-4H. The van der Waals surface area contributed by atoms with Crippen molar-refractivity contribution in [3.05, 3.63) is 30.1 Å². The lowest BCUT2D eigenvalue weighted by atomic mass is 10.0. The monoisotopic (exact) mass is 297 g/mol. The summed E-state index contributed by atoms with van der Waals surface area (Å²) in [5, 5.41) is 0. The second-order valence-electron chi connectivity index (χ2n) is 3.44. The van der Waals surface area contributed by atoms with E-state index < -0.39 is 29.6 Å². The second kappa shape index (κ2) is 4.27. The fourth-order valence-electron chi connectivity index (χ4n) is 1.08. The van der Waals surface area contributed by atoms with Crippen molar-refractivity contribution in [1.82, 2.24) is 4.98 Å². The Morgan fingerprint density at radius 1 is 0.737 bits per heavy atom. The van der Waals surface area contributed by atoms with Gasteiger partial charge in [-0.3, -0.25) is 4.98 Å². The number of nitrogens with zero attached hydrogens (tertiary/aromatic N) is 1. The van der Waals surface area contributed by atoms with Crippen molar-refractivity contribution in [2.75, 3.05) is 0 Å². The Balaban J connectivity index is 3.34. The molecule has 10 heteroatoms. The molecule has 0 saturated heterocycles. The van der Waals surface area contributed by atoms with E-state index in [1.165, 1.54) is 0 Å². The summed E-state index contributed by atoms with van der Waals surface area (Å²) >= 11 is 0. The lowest BCUT2D eigenvalue weighted by Crippen LogP contribution is -2.59. The molecule has 0 N–H and O–H groups in total. The van der Waals surface area contributed by atoms with Crippen LogP contribution in [0, 0.1) is 0 Å².